The van der Waals surface area contributed by atoms with Gasteiger partial charge in [0.2, 0.25) is 5.91 Å². The topological polar surface area (TPSA) is 83.3 Å². The second-order valence-electron chi connectivity index (χ2n) is 5.48. The highest BCUT2D eigenvalue weighted by Gasteiger charge is 2.11. The Morgan fingerprint density at radius 1 is 1.27 bits per heavy atom. The molecule has 132 valence electrons. The summed E-state index contributed by atoms with van der Waals surface area (Å²) in [7, 11) is 1.33. The SMILES string of the molecule is COC(=O)c1ccc(C=CC(=O)N(CCC#N)Cc2cccnc2)cc1. The van der Waals surface area contributed by atoms with Gasteiger partial charge in [0.05, 0.1) is 25.2 Å². The molecule has 26 heavy (non-hydrogen) atoms. The molecule has 0 aliphatic heterocycles. The number of methoxy groups -OCH3 is 1. The molecule has 1 amide bonds. The largest absolute Gasteiger partial charge is 0.465 e. The summed E-state index contributed by atoms with van der Waals surface area (Å²) in [5.74, 6) is -0.600. The maximum absolute atomic E-state index is 12.5. The van der Waals surface area contributed by atoms with Crippen molar-refractivity contribution < 1.29 is 14.3 Å². The molecule has 0 atom stereocenters. The average Bonchev–Trinajstić information content (AvgIpc) is 2.69. The van der Waals surface area contributed by atoms with Gasteiger partial charge >= 0.3 is 5.97 Å². The molecule has 0 fully saturated rings. The second kappa shape index (κ2) is 9.74. The normalized spacial score (nSPS) is 10.3. The summed E-state index contributed by atoms with van der Waals surface area (Å²) in [6, 6.07) is 12.5. The summed E-state index contributed by atoms with van der Waals surface area (Å²) in [4.78, 5) is 29.5. The highest BCUT2D eigenvalue weighted by atomic mass is 16.5. The summed E-state index contributed by atoms with van der Waals surface area (Å²) in [6.07, 6.45) is 6.76. The first-order chi connectivity index (χ1) is 12.6. The van der Waals surface area contributed by atoms with Crippen molar-refractivity contribution in [2.24, 2.45) is 0 Å². The van der Waals surface area contributed by atoms with Crippen molar-refractivity contribution in [2.75, 3.05) is 13.7 Å². The Hall–Kier alpha value is -3.46. The van der Waals surface area contributed by atoms with Crippen LogP contribution in [0.2, 0.25) is 0 Å². The highest BCUT2D eigenvalue weighted by Crippen LogP contribution is 2.09. The van der Waals surface area contributed by atoms with Crippen molar-refractivity contribution in [1.82, 2.24) is 9.88 Å². The van der Waals surface area contributed by atoms with Crippen molar-refractivity contribution in [1.29, 1.82) is 5.26 Å². The van der Waals surface area contributed by atoms with Gasteiger partial charge in [0.15, 0.2) is 0 Å². The van der Waals surface area contributed by atoms with Crippen molar-refractivity contribution in [3.05, 3.63) is 71.6 Å². The Morgan fingerprint density at radius 2 is 2.04 bits per heavy atom. The minimum Gasteiger partial charge on any atom is -0.465 e. The first-order valence-corrected chi connectivity index (χ1v) is 8.05. The maximum Gasteiger partial charge on any atom is 0.337 e. The molecular formula is C20H19N3O3. The fourth-order valence-corrected chi connectivity index (χ4v) is 2.29. The third-order valence-electron chi connectivity index (χ3n) is 3.65. The lowest BCUT2D eigenvalue weighted by Crippen LogP contribution is -2.29. The number of ether oxygens (including phenoxy) is 1. The number of benzene rings is 1. The van der Waals surface area contributed by atoms with E-state index in [0.717, 1.165) is 11.1 Å². The van der Waals surface area contributed by atoms with Gasteiger partial charge in [-0.2, -0.15) is 5.26 Å². The van der Waals surface area contributed by atoms with Crippen LogP contribution in [0.3, 0.4) is 0 Å². The number of carbonyl (C=O) groups is 2. The molecule has 1 heterocycles. The van der Waals surface area contributed by atoms with Crippen LogP contribution in [0.1, 0.15) is 27.9 Å². The second-order valence-corrected chi connectivity index (χ2v) is 5.48. The van der Waals surface area contributed by atoms with E-state index in [4.69, 9.17) is 5.26 Å². The van der Waals surface area contributed by atoms with E-state index < -0.39 is 5.97 Å². The zero-order valence-electron chi connectivity index (χ0n) is 14.5. The Balaban J connectivity index is 2.06. The lowest BCUT2D eigenvalue weighted by molar-refractivity contribution is -0.126. The molecule has 6 heteroatoms. The molecule has 2 rings (SSSR count). The number of carbonyl (C=O) groups excluding carboxylic acids is 2. The molecular weight excluding hydrogens is 330 g/mol. The van der Waals surface area contributed by atoms with Crippen molar-refractivity contribution in [3.63, 3.8) is 0 Å². The van der Waals surface area contributed by atoms with Gasteiger partial charge in [-0.1, -0.05) is 18.2 Å². The summed E-state index contributed by atoms with van der Waals surface area (Å²) in [5.41, 5.74) is 2.13. The average molecular weight is 349 g/mol. The molecule has 2 aromatic rings. The zero-order valence-corrected chi connectivity index (χ0v) is 14.5. The minimum absolute atomic E-state index is 0.193. The molecule has 0 aliphatic carbocycles. The van der Waals surface area contributed by atoms with Crippen LogP contribution in [-0.2, 0) is 16.1 Å². The van der Waals surface area contributed by atoms with E-state index in [0.29, 0.717) is 18.7 Å². The molecule has 0 saturated heterocycles. The van der Waals surface area contributed by atoms with Crippen LogP contribution in [0.4, 0.5) is 0 Å². The van der Waals surface area contributed by atoms with Crippen LogP contribution >= 0.6 is 0 Å². The standard InChI is InChI=1S/C20H19N3O3/c1-26-20(25)18-8-5-16(6-9-18)7-10-19(24)23(13-3-11-21)15-17-4-2-12-22-14-17/h2,4-10,12,14H,3,13,15H2,1H3. The fourth-order valence-electron chi connectivity index (χ4n) is 2.29. The Kier molecular flexibility index (Phi) is 7.07. The molecule has 0 saturated carbocycles. The monoisotopic (exact) mass is 349 g/mol. The number of pyridine rings is 1. The predicted molar refractivity (Wildman–Crippen MR) is 96.7 cm³/mol. The Bertz CT molecular complexity index is 808. The highest BCUT2D eigenvalue weighted by molar-refractivity contribution is 5.92. The zero-order chi connectivity index (χ0) is 18.8. The van der Waals surface area contributed by atoms with Gasteiger partial charge in [-0.25, -0.2) is 4.79 Å². The number of esters is 1. The van der Waals surface area contributed by atoms with Gasteiger partial charge in [0.1, 0.15) is 0 Å². The van der Waals surface area contributed by atoms with Crippen LogP contribution in [0.15, 0.2) is 54.9 Å². The van der Waals surface area contributed by atoms with Crippen LogP contribution in [0.5, 0.6) is 0 Å². The van der Waals surface area contributed by atoms with E-state index in [9.17, 15) is 9.59 Å². The van der Waals surface area contributed by atoms with Gasteiger partial charge in [0, 0.05) is 31.6 Å². The van der Waals surface area contributed by atoms with E-state index in [1.165, 1.54) is 13.2 Å². The summed E-state index contributed by atoms with van der Waals surface area (Å²) in [5, 5.41) is 8.81. The maximum atomic E-state index is 12.5. The van der Waals surface area contributed by atoms with Gasteiger partial charge in [0.25, 0.3) is 0 Å². The van der Waals surface area contributed by atoms with Crippen molar-refractivity contribution in [3.8, 4) is 6.07 Å². The van der Waals surface area contributed by atoms with Gasteiger partial charge in [-0.15, -0.1) is 0 Å². The summed E-state index contributed by atoms with van der Waals surface area (Å²) >= 11 is 0. The number of hydrogen-bond acceptors (Lipinski definition) is 5. The van der Waals surface area contributed by atoms with Crippen LogP contribution in [0, 0.1) is 11.3 Å². The predicted octanol–water partition coefficient (Wildman–Crippen LogP) is 2.82. The number of nitrogens with zero attached hydrogens (tertiary/aromatic N) is 3. The van der Waals surface area contributed by atoms with Crippen LogP contribution in [0.25, 0.3) is 6.08 Å². The van der Waals surface area contributed by atoms with E-state index >= 15 is 0 Å². The van der Waals surface area contributed by atoms with Crippen molar-refractivity contribution in [2.45, 2.75) is 13.0 Å². The molecule has 0 unspecified atom stereocenters. The molecule has 6 nitrogen and oxygen atoms in total. The molecule has 0 radical (unpaired) electrons. The number of rotatable bonds is 7. The van der Waals surface area contributed by atoms with E-state index in [1.807, 2.05) is 6.07 Å². The van der Waals surface area contributed by atoms with E-state index in [2.05, 4.69) is 15.8 Å². The third-order valence-corrected chi connectivity index (χ3v) is 3.65. The molecule has 0 bridgehead atoms. The lowest BCUT2D eigenvalue weighted by atomic mass is 10.1. The lowest BCUT2D eigenvalue weighted by Gasteiger charge is -2.19. The summed E-state index contributed by atoms with van der Waals surface area (Å²) in [6.45, 7) is 0.732. The first kappa shape index (κ1) is 18.9. The minimum atomic E-state index is -0.407. The third kappa shape index (κ3) is 5.56. The number of amides is 1. The molecule has 0 aliphatic rings. The molecule has 1 aromatic carbocycles. The molecule has 0 spiro atoms. The number of nitriles is 1. The van der Waals surface area contributed by atoms with Gasteiger partial charge < -0.3 is 9.64 Å². The van der Waals surface area contributed by atoms with Gasteiger partial charge in [-0.05, 0) is 35.4 Å². The number of hydrogen-bond donors (Lipinski definition) is 0. The Labute approximate surface area is 152 Å². The van der Waals surface area contributed by atoms with Crippen LogP contribution < -0.4 is 0 Å². The summed E-state index contributed by atoms with van der Waals surface area (Å²) < 4.78 is 4.65. The van der Waals surface area contributed by atoms with Crippen molar-refractivity contribution >= 4 is 18.0 Å². The van der Waals surface area contributed by atoms with Crippen LogP contribution in [-0.4, -0.2) is 35.4 Å². The fraction of sp³-hybridized carbons (Fsp3) is 0.200. The van der Waals surface area contributed by atoms with E-state index in [1.54, 1.807) is 53.7 Å². The first-order valence-electron chi connectivity index (χ1n) is 8.05. The Morgan fingerprint density at radius 3 is 2.65 bits per heavy atom. The number of aromatic nitrogens is 1. The van der Waals surface area contributed by atoms with E-state index in [-0.39, 0.29) is 12.3 Å². The quantitative estimate of drug-likeness (QED) is 0.567. The smallest absolute Gasteiger partial charge is 0.337 e. The van der Waals surface area contributed by atoms with Gasteiger partial charge in [-0.3, -0.25) is 9.78 Å². The molecule has 1 aromatic heterocycles. The molecule has 0 N–H and O–H groups in total.